The standard InChI is InChI=1S/C19H21NO3S/c1-14-7-9-16(10-8-14)24(21,22)20-13-18(15-5-3-2-4-6-15)17-11-12-23-19(17)20/h2-10,17-19H,11-13H2,1H3/t17-,18+,19-/m1/s1. The van der Waals surface area contributed by atoms with Crippen molar-refractivity contribution in [2.24, 2.45) is 5.92 Å². The fourth-order valence-electron chi connectivity index (χ4n) is 3.85. The van der Waals surface area contributed by atoms with E-state index in [-0.39, 0.29) is 18.1 Å². The molecule has 0 aromatic heterocycles. The van der Waals surface area contributed by atoms with Crippen molar-refractivity contribution < 1.29 is 13.2 Å². The highest BCUT2D eigenvalue weighted by Gasteiger charge is 2.50. The zero-order valence-electron chi connectivity index (χ0n) is 13.6. The molecule has 2 aliphatic rings. The van der Waals surface area contributed by atoms with E-state index in [1.54, 1.807) is 16.4 Å². The molecule has 2 aromatic carbocycles. The predicted molar refractivity (Wildman–Crippen MR) is 92.1 cm³/mol. The minimum Gasteiger partial charge on any atom is -0.362 e. The molecule has 2 aromatic rings. The fourth-order valence-corrected chi connectivity index (χ4v) is 5.45. The molecule has 4 rings (SSSR count). The summed E-state index contributed by atoms with van der Waals surface area (Å²) in [6.07, 6.45) is 0.561. The summed E-state index contributed by atoms with van der Waals surface area (Å²) in [7, 11) is -3.54. The van der Waals surface area contributed by atoms with Crippen LogP contribution < -0.4 is 0 Å². The van der Waals surface area contributed by atoms with E-state index in [9.17, 15) is 8.42 Å². The van der Waals surface area contributed by atoms with Crippen molar-refractivity contribution in [2.75, 3.05) is 13.2 Å². The average Bonchev–Trinajstić information content (AvgIpc) is 3.18. The molecule has 2 saturated heterocycles. The Morgan fingerprint density at radius 3 is 2.46 bits per heavy atom. The third-order valence-corrected chi connectivity index (χ3v) is 6.98. The fraction of sp³-hybridized carbons (Fsp3) is 0.368. The highest BCUT2D eigenvalue weighted by molar-refractivity contribution is 7.89. The van der Waals surface area contributed by atoms with Gasteiger partial charge in [0, 0.05) is 25.0 Å². The molecule has 0 radical (unpaired) electrons. The predicted octanol–water partition coefficient (Wildman–Crippen LogP) is 3.15. The number of rotatable bonds is 3. The van der Waals surface area contributed by atoms with Crippen LogP contribution in [-0.4, -0.2) is 32.1 Å². The van der Waals surface area contributed by atoms with Crippen LogP contribution in [0, 0.1) is 12.8 Å². The first-order valence-electron chi connectivity index (χ1n) is 8.32. The molecule has 2 aliphatic heterocycles. The SMILES string of the molecule is Cc1ccc(S(=O)(=O)N2C[C@@H](c3ccccc3)[C@H]3CCO[C@H]32)cc1. The lowest BCUT2D eigenvalue weighted by Crippen LogP contribution is -2.37. The van der Waals surface area contributed by atoms with E-state index < -0.39 is 10.0 Å². The van der Waals surface area contributed by atoms with Crippen molar-refractivity contribution in [3.05, 3.63) is 65.7 Å². The summed E-state index contributed by atoms with van der Waals surface area (Å²) < 4.78 is 33.6. The number of aryl methyl sites for hydroxylation is 1. The van der Waals surface area contributed by atoms with Gasteiger partial charge in [-0.15, -0.1) is 0 Å². The molecule has 24 heavy (non-hydrogen) atoms. The van der Waals surface area contributed by atoms with Crippen LogP contribution in [0.5, 0.6) is 0 Å². The van der Waals surface area contributed by atoms with Gasteiger partial charge in [-0.2, -0.15) is 4.31 Å². The Hall–Kier alpha value is -1.69. The topological polar surface area (TPSA) is 46.6 Å². The molecular weight excluding hydrogens is 322 g/mol. The number of hydrogen-bond acceptors (Lipinski definition) is 3. The van der Waals surface area contributed by atoms with Gasteiger partial charge in [-0.1, -0.05) is 48.0 Å². The van der Waals surface area contributed by atoms with E-state index in [0.29, 0.717) is 18.0 Å². The minimum absolute atomic E-state index is 0.193. The van der Waals surface area contributed by atoms with E-state index in [0.717, 1.165) is 12.0 Å². The molecule has 3 atom stereocenters. The van der Waals surface area contributed by atoms with E-state index in [1.807, 2.05) is 37.3 Å². The third-order valence-electron chi connectivity index (χ3n) is 5.14. The first kappa shape index (κ1) is 15.8. The summed E-state index contributed by atoms with van der Waals surface area (Å²) in [6, 6.07) is 17.2. The second kappa shape index (κ2) is 5.99. The maximum absolute atomic E-state index is 13.1. The molecule has 5 heteroatoms. The first-order valence-corrected chi connectivity index (χ1v) is 9.76. The molecule has 0 N–H and O–H groups in total. The Labute approximate surface area is 143 Å². The zero-order valence-corrected chi connectivity index (χ0v) is 14.4. The maximum atomic E-state index is 13.1. The molecule has 0 saturated carbocycles. The Morgan fingerprint density at radius 1 is 1.04 bits per heavy atom. The van der Waals surface area contributed by atoms with Crippen molar-refractivity contribution in [1.82, 2.24) is 4.31 Å². The Kier molecular flexibility index (Phi) is 3.95. The van der Waals surface area contributed by atoms with Crippen LogP contribution in [0.2, 0.25) is 0 Å². The number of nitrogens with zero attached hydrogens (tertiary/aromatic N) is 1. The van der Waals surface area contributed by atoms with Gasteiger partial charge in [0.15, 0.2) is 0 Å². The second-order valence-corrected chi connectivity index (χ2v) is 8.51. The smallest absolute Gasteiger partial charge is 0.245 e. The summed E-state index contributed by atoms with van der Waals surface area (Å²) >= 11 is 0. The lowest BCUT2D eigenvalue weighted by atomic mass is 9.87. The lowest BCUT2D eigenvalue weighted by Gasteiger charge is -2.22. The van der Waals surface area contributed by atoms with Crippen molar-refractivity contribution in [2.45, 2.75) is 30.4 Å². The lowest BCUT2D eigenvalue weighted by molar-refractivity contribution is 0.0359. The molecule has 2 heterocycles. The summed E-state index contributed by atoms with van der Waals surface area (Å²) in [6.45, 7) is 3.06. The van der Waals surface area contributed by atoms with Gasteiger partial charge in [-0.25, -0.2) is 8.42 Å². The maximum Gasteiger partial charge on any atom is 0.245 e. The van der Waals surface area contributed by atoms with Gasteiger partial charge in [0.05, 0.1) is 4.90 Å². The molecule has 0 amide bonds. The number of fused-ring (bicyclic) bond motifs is 1. The van der Waals surface area contributed by atoms with Gasteiger partial charge in [0.2, 0.25) is 10.0 Å². The Balaban J connectivity index is 1.69. The van der Waals surface area contributed by atoms with Crippen LogP contribution in [0.15, 0.2) is 59.5 Å². The Bertz CT molecular complexity index is 817. The van der Waals surface area contributed by atoms with Crippen LogP contribution in [0.3, 0.4) is 0 Å². The van der Waals surface area contributed by atoms with Crippen molar-refractivity contribution >= 4 is 10.0 Å². The van der Waals surface area contributed by atoms with Crippen molar-refractivity contribution in [3.8, 4) is 0 Å². The highest BCUT2D eigenvalue weighted by atomic mass is 32.2. The largest absolute Gasteiger partial charge is 0.362 e. The van der Waals surface area contributed by atoms with Crippen LogP contribution in [0.1, 0.15) is 23.5 Å². The number of ether oxygens (including phenoxy) is 1. The number of sulfonamides is 1. The first-order chi connectivity index (χ1) is 11.6. The van der Waals surface area contributed by atoms with Crippen molar-refractivity contribution in [3.63, 3.8) is 0 Å². The summed E-state index contributed by atoms with van der Waals surface area (Å²) in [5, 5.41) is 0. The van der Waals surface area contributed by atoms with Gasteiger partial charge in [-0.3, -0.25) is 0 Å². The molecule has 0 unspecified atom stereocenters. The molecule has 0 bridgehead atoms. The third kappa shape index (κ3) is 2.57. The zero-order chi connectivity index (χ0) is 16.7. The quantitative estimate of drug-likeness (QED) is 0.860. The average molecular weight is 343 g/mol. The van der Waals surface area contributed by atoms with Crippen molar-refractivity contribution in [1.29, 1.82) is 0 Å². The number of benzene rings is 2. The van der Waals surface area contributed by atoms with E-state index >= 15 is 0 Å². The highest BCUT2D eigenvalue weighted by Crippen LogP contribution is 2.45. The molecule has 0 aliphatic carbocycles. The number of hydrogen-bond donors (Lipinski definition) is 0. The second-order valence-electron chi connectivity index (χ2n) is 6.62. The van der Waals surface area contributed by atoms with Gasteiger partial charge >= 0.3 is 0 Å². The van der Waals surface area contributed by atoms with Crippen LogP contribution in [0.4, 0.5) is 0 Å². The summed E-state index contributed by atoms with van der Waals surface area (Å²) in [4.78, 5) is 0.344. The van der Waals surface area contributed by atoms with E-state index in [2.05, 4.69) is 12.1 Å². The molecule has 126 valence electrons. The summed E-state index contributed by atoms with van der Waals surface area (Å²) in [5.41, 5.74) is 2.24. The van der Waals surface area contributed by atoms with E-state index in [4.69, 9.17) is 4.74 Å². The molecular formula is C19H21NO3S. The van der Waals surface area contributed by atoms with Gasteiger partial charge in [0.1, 0.15) is 6.23 Å². The summed E-state index contributed by atoms with van der Waals surface area (Å²) in [5.74, 6) is 0.423. The van der Waals surface area contributed by atoms with Gasteiger partial charge < -0.3 is 4.74 Å². The van der Waals surface area contributed by atoms with Gasteiger partial charge in [0.25, 0.3) is 0 Å². The van der Waals surface area contributed by atoms with Crippen LogP contribution in [-0.2, 0) is 14.8 Å². The Morgan fingerprint density at radius 2 is 1.75 bits per heavy atom. The molecule has 0 spiro atoms. The molecule has 2 fully saturated rings. The van der Waals surface area contributed by atoms with Gasteiger partial charge in [-0.05, 0) is 31.0 Å². The van der Waals surface area contributed by atoms with Crippen LogP contribution in [0.25, 0.3) is 0 Å². The van der Waals surface area contributed by atoms with E-state index in [1.165, 1.54) is 5.56 Å². The normalized spacial score (nSPS) is 27.3. The minimum atomic E-state index is -3.54. The van der Waals surface area contributed by atoms with Crippen LogP contribution >= 0.6 is 0 Å². The molecule has 4 nitrogen and oxygen atoms in total. The monoisotopic (exact) mass is 343 g/mol.